The van der Waals surface area contributed by atoms with E-state index in [4.69, 9.17) is 5.11 Å². The van der Waals surface area contributed by atoms with Crippen molar-refractivity contribution in [3.05, 3.63) is 23.8 Å². The van der Waals surface area contributed by atoms with Crippen molar-refractivity contribution in [1.82, 2.24) is 4.90 Å². The molecule has 1 radical (unpaired) electrons. The first-order valence-corrected chi connectivity index (χ1v) is 5.88. The smallest absolute Gasteiger partial charge is 0.220 e. The monoisotopic (exact) mass is 222 g/mol. The second kappa shape index (κ2) is 6.38. The minimum Gasteiger partial charge on any atom is -0.504 e. The van der Waals surface area contributed by atoms with Crippen molar-refractivity contribution in [2.24, 2.45) is 0 Å². The summed E-state index contributed by atoms with van der Waals surface area (Å²) in [6.07, 6.45) is 1.94. The van der Waals surface area contributed by atoms with Crippen LogP contribution in [0.2, 0.25) is 0 Å². The summed E-state index contributed by atoms with van der Waals surface area (Å²) in [7, 11) is 0. The average molecular weight is 222 g/mol. The lowest BCUT2D eigenvalue weighted by Crippen LogP contribution is -2.24. The second-order valence-corrected chi connectivity index (χ2v) is 3.93. The molecule has 0 spiro atoms. The highest BCUT2D eigenvalue weighted by Crippen LogP contribution is 2.26. The molecule has 0 aromatic heterocycles. The van der Waals surface area contributed by atoms with Crippen LogP contribution >= 0.6 is 0 Å². The Kier molecular flexibility index (Phi) is 5.12. The van der Waals surface area contributed by atoms with Gasteiger partial charge < -0.3 is 10.0 Å². The molecule has 1 aromatic rings. The highest BCUT2D eigenvalue weighted by atomic mass is 16.3. The maximum Gasteiger partial charge on any atom is 0.220 e. The zero-order valence-corrected chi connectivity index (χ0v) is 10.1. The van der Waals surface area contributed by atoms with E-state index < -0.39 is 0 Å². The predicted molar refractivity (Wildman–Crippen MR) is 64.3 cm³/mol. The maximum absolute atomic E-state index is 11.2. The highest BCUT2D eigenvalue weighted by Gasteiger charge is 2.03. The fourth-order valence-corrected chi connectivity index (χ4v) is 1.76. The summed E-state index contributed by atoms with van der Waals surface area (Å²) < 4.78 is 0. The standard InChI is InChI=1S/C13H20NO2/c1-3-14(4-2)9-5-6-11-7-8-12(15)13(16)10-11/h7-8,10,15H,3-6,9H2,1-2H3. The summed E-state index contributed by atoms with van der Waals surface area (Å²) >= 11 is 0. The van der Waals surface area contributed by atoms with Gasteiger partial charge in [0, 0.05) is 0 Å². The van der Waals surface area contributed by atoms with E-state index in [-0.39, 0.29) is 11.5 Å². The van der Waals surface area contributed by atoms with Gasteiger partial charge in [-0.15, -0.1) is 0 Å². The Labute approximate surface area is 97.3 Å². The Morgan fingerprint density at radius 1 is 1.25 bits per heavy atom. The van der Waals surface area contributed by atoms with Crippen LogP contribution in [0, 0.1) is 0 Å². The van der Waals surface area contributed by atoms with Crippen LogP contribution in [0.1, 0.15) is 25.8 Å². The third-order valence-corrected chi connectivity index (χ3v) is 2.86. The van der Waals surface area contributed by atoms with Crippen LogP contribution in [0.4, 0.5) is 0 Å². The molecule has 0 bridgehead atoms. The van der Waals surface area contributed by atoms with Crippen LogP contribution in [-0.4, -0.2) is 29.6 Å². The van der Waals surface area contributed by atoms with Crippen molar-refractivity contribution < 1.29 is 10.2 Å². The van der Waals surface area contributed by atoms with Crippen molar-refractivity contribution in [2.45, 2.75) is 26.7 Å². The van der Waals surface area contributed by atoms with Gasteiger partial charge in [-0.3, -0.25) is 5.11 Å². The van der Waals surface area contributed by atoms with Gasteiger partial charge in [-0.2, -0.15) is 0 Å². The highest BCUT2D eigenvalue weighted by molar-refractivity contribution is 5.40. The third kappa shape index (κ3) is 3.74. The van der Waals surface area contributed by atoms with Gasteiger partial charge in [-0.25, -0.2) is 0 Å². The molecule has 1 N–H and O–H groups in total. The molecular weight excluding hydrogens is 202 g/mol. The summed E-state index contributed by atoms with van der Waals surface area (Å²) in [5.74, 6) is -0.437. The van der Waals surface area contributed by atoms with Gasteiger partial charge in [0.15, 0.2) is 5.75 Å². The zero-order valence-electron chi connectivity index (χ0n) is 10.1. The molecule has 0 aliphatic heterocycles. The first-order valence-electron chi connectivity index (χ1n) is 5.88. The van der Waals surface area contributed by atoms with Crippen LogP contribution in [0.3, 0.4) is 0 Å². The third-order valence-electron chi connectivity index (χ3n) is 2.86. The lowest BCUT2D eigenvalue weighted by atomic mass is 10.1. The van der Waals surface area contributed by atoms with E-state index in [9.17, 15) is 5.11 Å². The van der Waals surface area contributed by atoms with E-state index in [1.807, 2.05) is 6.07 Å². The van der Waals surface area contributed by atoms with E-state index in [2.05, 4.69) is 18.7 Å². The molecule has 0 atom stereocenters. The molecule has 0 amide bonds. The quantitative estimate of drug-likeness (QED) is 0.804. The molecule has 1 aromatic carbocycles. The van der Waals surface area contributed by atoms with Crippen LogP contribution in [0.25, 0.3) is 0 Å². The lowest BCUT2D eigenvalue weighted by molar-refractivity contribution is 0.299. The Hall–Kier alpha value is -1.22. The Morgan fingerprint density at radius 3 is 2.50 bits per heavy atom. The molecule has 16 heavy (non-hydrogen) atoms. The maximum atomic E-state index is 11.2. The molecule has 0 aliphatic carbocycles. The van der Waals surface area contributed by atoms with E-state index in [1.165, 1.54) is 12.1 Å². The van der Waals surface area contributed by atoms with Crippen LogP contribution in [0.15, 0.2) is 18.2 Å². The van der Waals surface area contributed by atoms with Gasteiger partial charge in [0.25, 0.3) is 0 Å². The van der Waals surface area contributed by atoms with E-state index >= 15 is 0 Å². The first kappa shape index (κ1) is 12.8. The zero-order chi connectivity index (χ0) is 12.0. The lowest BCUT2D eigenvalue weighted by Gasteiger charge is -2.17. The number of phenols is 1. The SMILES string of the molecule is CCN(CC)CCCc1ccc(O)c([O])c1. The van der Waals surface area contributed by atoms with Gasteiger partial charge >= 0.3 is 0 Å². The molecule has 0 aliphatic rings. The van der Waals surface area contributed by atoms with Crippen LogP contribution in [0.5, 0.6) is 11.5 Å². The van der Waals surface area contributed by atoms with E-state index in [1.54, 1.807) is 0 Å². The normalized spacial score (nSPS) is 10.9. The number of aryl methyl sites for hydroxylation is 1. The number of nitrogens with zero attached hydrogens (tertiary/aromatic N) is 1. The summed E-state index contributed by atoms with van der Waals surface area (Å²) in [4.78, 5) is 2.36. The summed E-state index contributed by atoms with van der Waals surface area (Å²) in [6, 6.07) is 4.83. The summed E-state index contributed by atoms with van der Waals surface area (Å²) in [6.45, 7) is 7.50. The molecule has 0 unspecified atom stereocenters. The van der Waals surface area contributed by atoms with Gasteiger partial charge in [0.05, 0.1) is 0 Å². The number of aromatic hydroxyl groups is 1. The van der Waals surface area contributed by atoms with E-state index in [0.29, 0.717) is 0 Å². The molecule has 89 valence electrons. The van der Waals surface area contributed by atoms with Gasteiger partial charge in [0.1, 0.15) is 0 Å². The van der Waals surface area contributed by atoms with Crippen LogP contribution in [-0.2, 0) is 11.5 Å². The number of hydrogen-bond donors (Lipinski definition) is 1. The molecule has 0 fully saturated rings. The minimum atomic E-state index is -0.277. The molecule has 0 heterocycles. The Bertz CT molecular complexity index is 322. The van der Waals surface area contributed by atoms with Crippen molar-refractivity contribution >= 4 is 0 Å². The van der Waals surface area contributed by atoms with Crippen molar-refractivity contribution in [1.29, 1.82) is 0 Å². The van der Waals surface area contributed by atoms with Gasteiger partial charge in [-0.05, 0) is 50.2 Å². The summed E-state index contributed by atoms with van der Waals surface area (Å²) in [5, 5.41) is 20.3. The number of phenolic OH excluding ortho intramolecular Hbond substituents is 1. The van der Waals surface area contributed by atoms with Crippen molar-refractivity contribution in [2.75, 3.05) is 19.6 Å². The molecule has 3 heteroatoms. The van der Waals surface area contributed by atoms with Gasteiger partial charge in [-0.1, -0.05) is 19.9 Å². The largest absolute Gasteiger partial charge is 0.504 e. The predicted octanol–water partition coefficient (Wildman–Crippen LogP) is 2.81. The van der Waals surface area contributed by atoms with E-state index in [0.717, 1.165) is 38.0 Å². The second-order valence-electron chi connectivity index (χ2n) is 3.93. The molecular formula is C13H20NO2. The average Bonchev–Trinajstić information content (AvgIpc) is 2.29. The van der Waals surface area contributed by atoms with Crippen molar-refractivity contribution in [3.8, 4) is 11.5 Å². The minimum absolute atomic E-state index is 0.160. The number of benzene rings is 1. The first-order chi connectivity index (χ1) is 7.67. The van der Waals surface area contributed by atoms with Crippen molar-refractivity contribution in [3.63, 3.8) is 0 Å². The van der Waals surface area contributed by atoms with Crippen LogP contribution < -0.4 is 0 Å². The Morgan fingerprint density at radius 2 is 1.94 bits per heavy atom. The fraction of sp³-hybridized carbons (Fsp3) is 0.538. The number of rotatable bonds is 6. The molecule has 0 saturated heterocycles. The Balaban J connectivity index is 2.40. The molecule has 0 saturated carbocycles. The fourth-order valence-electron chi connectivity index (χ4n) is 1.76. The van der Waals surface area contributed by atoms with Gasteiger partial charge in [0.2, 0.25) is 5.75 Å². The summed E-state index contributed by atoms with van der Waals surface area (Å²) in [5.41, 5.74) is 1.01. The number of hydrogen-bond acceptors (Lipinski definition) is 2. The molecule has 3 nitrogen and oxygen atoms in total. The topological polar surface area (TPSA) is 43.4 Å². The molecule has 1 rings (SSSR count).